The molecular weight excluding hydrogens is 184 g/mol. The smallest absolute Gasteiger partial charge is 0.0873 e. The van der Waals surface area contributed by atoms with Crippen molar-refractivity contribution in [1.29, 1.82) is 0 Å². The number of hydrogen-bond donors (Lipinski definition) is 0. The van der Waals surface area contributed by atoms with Crippen LogP contribution in [-0.2, 0) is 4.74 Å². The molecule has 0 N–H and O–H groups in total. The number of hydrogen-bond acceptors (Lipinski definition) is 1. The quantitative estimate of drug-likeness (QED) is 0.415. The molecule has 0 aliphatic rings. The van der Waals surface area contributed by atoms with Crippen LogP contribution in [0.1, 0.15) is 60.3 Å². The molecule has 0 fully saturated rings. The Balaban J connectivity index is 3.90. The van der Waals surface area contributed by atoms with Gasteiger partial charge in [-0.2, -0.15) is 0 Å². The van der Waals surface area contributed by atoms with Gasteiger partial charge in [-0.1, -0.05) is 47.6 Å². The molecule has 0 radical (unpaired) electrons. The van der Waals surface area contributed by atoms with Crippen LogP contribution in [0, 0.1) is 10.8 Å². The highest BCUT2D eigenvalue weighted by molar-refractivity contribution is 4.78. The summed E-state index contributed by atoms with van der Waals surface area (Å²) in [4.78, 5) is 0. The highest BCUT2D eigenvalue weighted by Crippen LogP contribution is 2.38. The second-order valence-corrected chi connectivity index (χ2v) is 6.00. The third-order valence-electron chi connectivity index (χ3n) is 3.15. The van der Waals surface area contributed by atoms with Gasteiger partial charge in [-0.3, -0.25) is 0 Å². The van der Waals surface area contributed by atoms with Crippen molar-refractivity contribution in [2.45, 2.75) is 60.3 Å². The van der Waals surface area contributed by atoms with E-state index >= 15 is 0 Å². The zero-order chi connectivity index (χ0) is 11.9. The van der Waals surface area contributed by atoms with Crippen molar-refractivity contribution in [3.05, 3.63) is 12.8 Å². The fourth-order valence-corrected chi connectivity index (χ4v) is 2.23. The van der Waals surface area contributed by atoms with Crippen molar-refractivity contribution in [1.82, 2.24) is 0 Å². The first-order valence-electron chi connectivity index (χ1n) is 6.05. The zero-order valence-electron chi connectivity index (χ0n) is 11.2. The van der Waals surface area contributed by atoms with E-state index in [0.29, 0.717) is 10.8 Å². The van der Waals surface area contributed by atoms with Gasteiger partial charge >= 0.3 is 0 Å². The van der Waals surface area contributed by atoms with E-state index in [2.05, 4.69) is 41.2 Å². The minimum atomic E-state index is 0.421. The maximum Gasteiger partial charge on any atom is 0.0873 e. The van der Waals surface area contributed by atoms with E-state index in [1.807, 2.05) is 0 Å². The molecule has 0 aliphatic carbocycles. The summed E-state index contributed by atoms with van der Waals surface area (Å²) in [5.74, 6) is 0. The Bertz CT molecular complexity index is 180. The van der Waals surface area contributed by atoms with Gasteiger partial charge in [0.1, 0.15) is 0 Å². The van der Waals surface area contributed by atoms with Crippen molar-refractivity contribution < 1.29 is 4.74 Å². The van der Waals surface area contributed by atoms with E-state index in [0.717, 1.165) is 13.0 Å². The molecule has 0 aromatic carbocycles. The van der Waals surface area contributed by atoms with Gasteiger partial charge in [-0.15, -0.1) is 0 Å². The lowest BCUT2D eigenvalue weighted by molar-refractivity contribution is 0.155. The van der Waals surface area contributed by atoms with Crippen molar-refractivity contribution in [3.8, 4) is 0 Å². The topological polar surface area (TPSA) is 9.23 Å². The Labute approximate surface area is 95.9 Å². The maximum atomic E-state index is 5.15. The normalized spacial score (nSPS) is 12.6. The molecule has 0 atom stereocenters. The largest absolute Gasteiger partial charge is 0.502 e. The van der Waals surface area contributed by atoms with E-state index in [4.69, 9.17) is 4.74 Å². The van der Waals surface area contributed by atoms with Gasteiger partial charge in [0.25, 0.3) is 0 Å². The summed E-state index contributed by atoms with van der Waals surface area (Å²) in [7, 11) is 0. The molecule has 90 valence electrons. The molecule has 0 rings (SSSR count). The zero-order valence-corrected chi connectivity index (χ0v) is 11.2. The minimum absolute atomic E-state index is 0.421. The molecule has 0 unspecified atom stereocenters. The summed E-state index contributed by atoms with van der Waals surface area (Å²) < 4.78 is 5.15. The highest BCUT2D eigenvalue weighted by atomic mass is 16.5. The van der Waals surface area contributed by atoms with E-state index in [9.17, 15) is 0 Å². The van der Waals surface area contributed by atoms with Gasteiger partial charge in [0.2, 0.25) is 0 Å². The lowest BCUT2D eigenvalue weighted by Crippen LogP contribution is -2.22. The SMILES string of the molecule is C=COCCCC(C)(C)CC(C)(C)CC. The summed E-state index contributed by atoms with van der Waals surface area (Å²) in [6.07, 6.45) is 6.41. The standard InChI is InChI=1S/C14H28O/c1-7-13(3,4)12-14(5,6)10-9-11-15-8-2/h8H,2,7,9-12H2,1,3-6H3. The molecular formula is C14H28O. The molecule has 0 aromatic heterocycles. The van der Waals surface area contributed by atoms with E-state index in [1.165, 1.54) is 25.5 Å². The molecule has 1 heteroatoms. The molecule has 0 aliphatic heterocycles. The Morgan fingerprint density at radius 1 is 1.13 bits per heavy atom. The average Bonchev–Trinajstić information content (AvgIpc) is 2.11. The number of rotatable bonds is 8. The van der Waals surface area contributed by atoms with Gasteiger partial charge in [0.15, 0.2) is 0 Å². The summed E-state index contributed by atoms with van der Waals surface area (Å²) in [5, 5.41) is 0. The average molecular weight is 212 g/mol. The third kappa shape index (κ3) is 7.47. The lowest BCUT2D eigenvalue weighted by Gasteiger charge is -2.34. The molecule has 0 saturated heterocycles. The summed E-state index contributed by atoms with van der Waals surface area (Å²) in [6, 6.07) is 0. The first kappa shape index (κ1) is 14.5. The van der Waals surface area contributed by atoms with Gasteiger partial charge in [-0.05, 0) is 30.1 Å². The number of ether oxygens (including phenoxy) is 1. The fourth-order valence-electron chi connectivity index (χ4n) is 2.23. The Hall–Kier alpha value is -0.460. The van der Waals surface area contributed by atoms with Crippen LogP contribution in [0.15, 0.2) is 12.8 Å². The first-order chi connectivity index (χ1) is 6.83. The van der Waals surface area contributed by atoms with E-state index in [1.54, 1.807) is 0 Å². The van der Waals surface area contributed by atoms with Crippen LogP contribution in [0.25, 0.3) is 0 Å². The van der Waals surface area contributed by atoms with Gasteiger partial charge < -0.3 is 4.74 Å². The molecule has 15 heavy (non-hydrogen) atoms. The van der Waals surface area contributed by atoms with Crippen molar-refractivity contribution in [2.75, 3.05) is 6.61 Å². The summed E-state index contributed by atoms with van der Waals surface area (Å²) in [5.41, 5.74) is 0.882. The predicted octanol–water partition coefficient (Wildman–Crippen LogP) is 4.78. The summed E-state index contributed by atoms with van der Waals surface area (Å²) in [6.45, 7) is 16.1. The van der Waals surface area contributed by atoms with E-state index in [-0.39, 0.29) is 0 Å². The molecule has 0 aromatic rings. The van der Waals surface area contributed by atoms with Gasteiger partial charge in [0.05, 0.1) is 12.9 Å². The van der Waals surface area contributed by atoms with Gasteiger partial charge in [0, 0.05) is 0 Å². The van der Waals surface area contributed by atoms with Crippen LogP contribution in [0.2, 0.25) is 0 Å². The highest BCUT2D eigenvalue weighted by Gasteiger charge is 2.26. The van der Waals surface area contributed by atoms with E-state index < -0.39 is 0 Å². The molecule has 0 amide bonds. The van der Waals surface area contributed by atoms with Crippen LogP contribution in [0.3, 0.4) is 0 Å². The van der Waals surface area contributed by atoms with Crippen LogP contribution < -0.4 is 0 Å². The minimum Gasteiger partial charge on any atom is -0.502 e. The molecule has 0 heterocycles. The molecule has 1 nitrogen and oxygen atoms in total. The monoisotopic (exact) mass is 212 g/mol. The Kier molecular flexibility index (Phi) is 6.00. The van der Waals surface area contributed by atoms with Crippen molar-refractivity contribution in [3.63, 3.8) is 0 Å². The van der Waals surface area contributed by atoms with Crippen LogP contribution >= 0.6 is 0 Å². The van der Waals surface area contributed by atoms with Crippen LogP contribution in [0.5, 0.6) is 0 Å². The van der Waals surface area contributed by atoms with Crippen LogP contribution in [0.4, 0.5) is 0 Å². The summed E-state index contributed by atoms with van der Waals surface area (Å²) >= 11 is 0. The van der Waals surface area contributed by atoms with Gasteiger partial charge in [-0.25, -0.2) is 0 Å². The first-order valence-corrected chi connectivity index (χ1v) is 6.05. The second kappa shape index (κ2) is 6.19. The third-order valence-corrected chi connectivity index (χ3v) is 3.15. The Morgan fingerprint density at radius 2 is 1.73 bits per heavy atom. The van der Waals surface area contributed by atoms with Crippen molar-refractivity contribution >= 4 is 0 Å². The second-order valence-electron chi connectivity index (χ2n) is 6.00. The molecule has 0 bridgehead atoms. The lowest BCUT2D eigenvalue weighted by atomic mass is 9.72. The van der Waals surface area contributed by atoms with Crippen LogP contribution in [-0.4, -0.2) is 6.61 Å². The molecule has 0 spiro atoms. The maximum absolute atomic E-state index is 5.15. The van der Waals surface area contributed by atoms with Crippen molar-refractivity contribution in [2.24, 2.45) is 10.8 Å². The predicted molar refractivity (Wildman–Crippen MR) is 67.9 cm³/mol. The fraction of sp³-hybridized carbons (Fsp3) is 0.857. The Morgan fingerprint density at radius 3 is 2.20 bits per heavy atom. The molecule has 0 saturated carbocycles.